The van der Waals surface area contributed by atoms with Crippen LogP contribution < -0.4 is 0 Å². The molecular weight excluding hydrogens is 267 g/mol. The second-order valence-electron chi connectivity index (χ2n) is 4.67. The van der Waals surface area contributed by atoms with Gasteiger partial charge in [0.05, 0.1) is 11.4 Å². The normalized spacial score (nSPS) is 9.57. The van der Waals surface area contributed by atoms with E-state index in [4.69, 9.17) is 0 Å². The van der Waals surface area contributed by atoms with Crippen molar-refractivity contribution in [2.75, 3.05) is 0 Å². The predicted molar refractivity (Wildman–Crippen MR) is 83.5 cm³/mol. The molecule has 0 aliphatic carbocycles. The van der Waals surface area contributed by atoms with Crippen molar-refractivity contribution in [3.63, 3.8) is 0 Å². The highest BCUT2D eigenvalue weighted by atomic mass is 19.1. The van der Waals surface area contributed by atoms with E-state index in [1.165, 1.54) is 12.4 Å². The van der Waals surface area contributed by atoms with Gasteiger partial charge < -0.3 is 0 Å². The number of hydrogen-bond donors (Lipinski definition) is 0. The maximum atomic E-state index is 12.7. The van der Waals surface area contributed by atoms with Crippen LogP contribution in [0, 0.1) is 5.95 Å². The summed E-state index contributed by atoms with van der Waals surface area (Å²) >= 11 is 0. The van der Waals surface area contributed by atoms with E-state index in [9.17, 15) is 4.39 Å². The van der Waals surface area contributed by atoms with E-state index in [0.29, 0.717) is 11.6 Å². The second kappa shape index (κ2) is 10.8. The minimum absolute atomic E-state index is 0.105. The summed E-state index contributed by atoms with van der Waals surface area (Å²) in [7, 11) is 0. The molecule has 0 amide bonds. The van der Waals surface area contributed by atoms with Crippen molar-refractivity contribution < 1.29 is 4.39 Å². The van der Waals surface area contributed by atoms with Crippen LogP contribution in [0.1, 0.15) is 64.8 Å². The minimum atomic E-state index is -0.461. The molecule has 0 spiro atoms. The summed E-state index contributed by atoms with van der Waals surface area (Å²) < 4.78 is 12.7. The smallest absolute Gasteiger partial charge is 0.234 e. The fourth-order valence-electron chi connectivity index (χ4n) is 1.33. The van der Waals surface area contributed by atoms with E-state index in [0.717, 1.165) is 5.69 Å². The summed E-state index contributed by atoms with van der Waals surface area (Å²) in [4.78, 5) is 15.4. The van der Waals surface area contributed by atoms with Crippen molar-refractivity contribution in [2.24, 2.45) is 0 Å². The number of halogens is 1. The summed E-state index contributed by atoms with van der Waals surface area (Å²) in [5.74, 6) is 0.130. The quantitative estimate of drug-likeness (QED) is 0.825. The van der Waals surface area contributed by atoms with Crippen LogP contribution >= 0.6 is 0 Å². The Morgan fingerprint density at radius 2 is 1.38 bits per heavy atom. The van der Waals surface area contributed by atoms with Gasteiger partial charge in [0.15, 0.2) is 0 Å². The molecule has 0 aliphatic heterocycles. The van der Waals surface area contributed by atoms with Crippen LogP contribution in [0.2, 0.25) is 0 Å². The van der Waals surface area contributed by atoms with Gasteiger partial charge in [-0.25, -0.2) is 4.98 Å². The number of aromatic nitrogens is 4. The van der Waals surface area contributed by atoms with Crippen LogP contribution in [0.4, 0.5) is 4.39 Å². The molecule has 0 atom stereocenters. The van der Waals surface area contributed by atoms with Crippen molar-refractivity contribution in [3.05, 3.63) is 48.3 Å². The molecule has 2 rings (SSSR count). The maximum absolute atomic E-state index is 12.7. The molecule has 0 N–H and O–H groups in total. The Morgan fingerprint density at radius 3 is 1.71 bits per heavy atom. The molecule has 5 heteroatoms. The van der Waals surface area contributed by atoms with E-state index >= 15 is 0 Å². The van der Waals surface area contributed by atoms with Gasteiger partial charge in [0.2, 0.25) is 5.95 Å². The predicted octanol–water partition coefficient (Wildman–Crippen LogP) is 4.37. The molecular formula is C16H25FN4. The average Bonchev–Trinajstić information content (AvgIpc) is 2.51. The molecule has 21 heavy (non-hydrogen) atoms. The lowest BCUT2D eigenvalue weighted by atomic mass is 10.1. The first-order valence-corrected chi connectivity index (χ1v) is 7.24. The fourth-order valence-corrected chi connectivity index (χ4v) is 1.33. The van der Waals surface area contributed by atoms with E-state index in [1.807, 2.05) is 27.7 Å². The van der Waals surface area contributed by atoms with Crippen molar-refractivity contribution >= 4 is 0 Å². The van der Waals surface area contributed by atoms with Gasteiger partial charge in [-0.1, -0.05) is 41.5 Å². The zero-order chi connectivity index (χ0) is 16.3. The van der Waals surface area contributed by atoms with Gasteiger partial charge >= 0.3 is 0 Å². The first-order chi connectivity index (χ1) is 10.0. The van der Waals surface area contributed by atoms with Crippen molar-refractivity contribution in [1.29, 1.82) is 0 Å². The zero-order valence-corrected chi connectivity index (χ0v) is 13.7. The van der Waals surface area contributed by atoms with E-state index < -0.39 is 5.95 Å². The van der Waals surface area contributed by atoms with Gasteiger partial charge in [-0.3, -0.25) is 15.0 Å². The molecule has 2 aromatic rings. The number of rotatable bonds is 2. The van der Waals surface area contributed by atoms with E-state index in [-0.39, 0.29) is 5.92 Å². The SMILES string of the molecule is CC.CC(C)c1cnccn1.CC(C)c1nccnc1F. The zero-order valence-electron chi connectivity index (χ0n) is 13.7. The summed E-state index contributed by atoms with van der Waals surface area (Å²) in [5, 5.41) is 0. The molecule has 2 aromatic heterocycles. The highest BCUT2D eigenvalue weighted by Crippen LogP contribution is 2.11. The topological polar surface area (TPSA) is 51.6 Å². The first-order valence-electron chi connectivity index (χ1n) is 7.24. The van der Waals surface area contributed by atoms with Crippen LogP contribution in [0.25, 0.3) is 0 Å². The van der Waals surface area contributed by atoms with Crippen LogP contribution in [-0.4, -0.2) is 19.9 Å². The highest BCUT2D eigenvalue weighted by Gasteiger charge is 2.06. The maximum Gasteiger partial charge on any atom is 0.234 e. The monoisotopic (exact) mass is 292 g/mol. The molecule has 0 fully saturated rings. The van der Waals surface area contributed by atoms with Crippen molar-refractivity contribution in [3.8, 4) is 0 Å². The van der Waals surface area contributed by atoms with Gasteiger partial charge in [0, 0.05) is 36.9 Å². The third-order valence-electron chi connectivity index (χ3n) is 2.40. The number of nitrogens with zero attached hydrogens (tertiary/aromatic N) is 4. The second-order valence-corrected chi connectivity index (χ2v) is 4.67. The molecule has 0 radical (unpaired) electrons. The molecule has 0 saturated carbocycles. The lowest BCUT2D eigenvalue weighted by molar-refractivity contribution is 0.543. The first kappa shape index (κ1) is 19.1. The summed E-state index contributed by atoms with van der Waals surface area (Å²) in [6.45, 7) is 12.0. The van der Waals surface area contributed by atoms with Gasteiger partial charge in [0.1, 0.15) is 0 Å². The van der Waals surface area contributed by atoms with Gasteiger partial charge in [0.25, 0.3) is 0 Å². The lowest BCUT2D eigenvalue weighted by Gasteiger charge is -2.01. The van der Waals surface area contributed by atoms with Crippen molar-refractivity contribution in [1.82, 2.24) is 19.9 Å². The third-order valence-corrected chi connectivity index (χ3v) is 2.40. The molecule has 0 bridgehead atoms. The highest BCUT2D eigenvalue weighted by molar-refractivity contribution is 5.02. The van der Waals surface area contributed by atoms with Crippen LogP contribution in [0.15, 0.2) is 31.0 Å². The molecule has 0 unspecified atom stereocenters. The Hall–Kier alpha value is -1.91. The summed E-state index contributed by atoms with van der Waals surface area (Å²) in [6, 6.07) is 0. The standard InChI is InChI=1S/C7H9FN2.C7H10N2.C2H6/c1-5(2)6-7(8)10-4-3-9-6;1-6(2)7-5-8-3-4-9-7;1-2/h3-5H,1-2H3;3-6H,1-2H3;1-2H3. The summed E-state index contributed by atoms with van der Waals surface area (Å²) in [6.07, 6.45) is 8.05. The Kier molecular flexibility index (Phi) is 9.84. The van der Waals surface area contributed by atoms with E-state index in [1.54, 1.807) is 18.6 Å². The average molecular weight is 292 g/mol. The lowest BCUT2D eigenvalue weighted by Crippen LogP contribution is -1.98. The molecule has 0 aromatic carbocycles. The van der Waals surface area contributed by atoms with Gasteiger partial charge in [-0.15, -0.1) is 0 Å². The Bertz CT molecular complexity index is 487. The molecule has 116 valence electrons. The molecule has 2 heterocycles. The Labute approximate surface area is 126 Å². The largest absolute Gasteiger partial charge is 0.261 e. The van der Waals surface area contributed by atoms with Crippen LogP contribution in [-0.2, 0) is 0 Å². The van der Waals surface area contributed by atoms with E-state index in [2.05, 4.69) is 33.8 Å². The summed E-state index contributed by atoms with van der Waals surface area (Å²) in [5.41, 5.74) is 1.49. The molecule has 4 nitrogen and oxygen atoms in total. The van der Waals surface area contributed by atoms with Crippen molar-refractivity contribution in [2.45, 2.75) is 53.4 Å². The number of hydrogen-bond acceptors (Lipinski definition) is 4. The van der Waals surface area contributed by atoms with Gasteiger partial charge in [-0.05, 0) is 5.92 Å². The Balaban J connectivity index is 0.000000342. The Morgan fingerprint density at radius 1 is 0.810 bits per heavy atom. The van der Waals surface area contributed by atoms with Crippen LogP contribution in [0.3, 0.4) is 0 Å². The van der Waals surface area contributed by atoms with Crippen LogP contribution in [0.5, 0.6) is 0 Å². The third kappa shape index (κ3) is 7.44. The minimum Gasteiger partial charge on any atom is -0.261 e. The molecule has 0 aliphatic rings. The fraction of sp³-hybridized carbons (Fsp3) is 0.500. The molecule has 0 saturated heterocycles. The van der Waals surface area contributed by atoms with Gasteiger partial charge in [-0.2, -0.15) is 4.39 Å².